The Bertz CT molecular complexity index is 949. The van der Waals surface area contributed by atoms with Crippen LogP contribution in [0.15, 0.2) is 29.4 Å². The van der Waals surface area contributed by atoms with Crippen LogP contribution < -0.4 is 0 Å². The van der Waals surface area contributed by atoms with E-state index in [-0.39, 0.29) is 12.0 Å². The third kappa shape index (κ3) is 6.72. The van der Waals surface area contributed by atoms with Gasteiger partial charge in [0.05, 0.1) is 17.0 Å². The predicted octanol–water partition coefficient (Wildman–Crippen LogP) is 5.12. The Kier molecular flexibility index (Phi) is 7.59. The second-order valence-corrected chi connectivity index (χ2v) is 9.28. The van der Waals surface area contributed by atoms with Crippen LogP contribution in [0.1, 0.15) is 51.5 Å². The molecule has 7 nitrogen and oxygen atoms in total. The van der Waals surface area contributed by atoms with Gasteiger partial charge in [0.25, 0.3) is 0 Å². The fourth-order valence-electron chi connectivity index (χ4n) is 3.58. The van der Waals surface area contributed by atoms with Gasteiger partial charge in [-0.3, -0.25) is 9.98 Å². The number of aromatic nitrogens is 2. The Labute approximate surface area is 188 Å². The fourth-order valence-corrected chi connectivity index (χ4v) is 3.73. The van der Waals surface area contributed by atoms with Crippen molar-refractivity contribution in [2.45, 2.75) is 51.6 Å². The first-order valence-electron chi connectivity index (χ1n) is 10.7. The van der Waals surface area contributed by atoms with E-state index < -0.39 is 5.60 Å². The molecule has 2 aromatic rings. The summed E-state index contributed by atoms with van der Waals surface area (Å²) in [5.41, 5.74) is 1.89. The number of ether oxygens (including phenoxy) is 1. The predicted molar refractivity (Wildman–Crippen MR) is 125 cm³/mol. The number of carbonyl (C=O) groups excluding carboxylic acids is 1. The molecule has 31 heavy (non-hydrogen) atoms. The number of pyridine rings is 2. The zero-order valence-corrected chi connectivity index (χ0v) is 19.1. The molecular weight excluding hydrogens is 414 g/mol. The molecule has 1 saturated heterocycles. The largest absolute Gasteiger partial charge is 0.444 e. The van der Waals surface area contributed by atoms with E-state index in [0.29, 0.717) is 23.1 Å². The third-order valence-corrected chi connectivity index (χ3v) is 5.50. The van der Waals surface area contributed by atoms with Crippen molar-refractivity contribution in [1.82, 2.24) is 14.9 Å². The van der Waals surface area contributed by atoms with E-state index in [1.165, 1.54) is 6.21 Å². The molecular formula is C23H30ClN5O2. The van der Waals surface area contributed by atoms with E-state index in [0.717, 1.165) is 43.4 Å². The summed E-state index contributed by atoms with van der Waals surface area (Å²) < 4.78 is 5.45. The maximum absolute atomic E-state index is 12.2. The number of nitrogens with one attached hydrogen (secondary N) is 1. The average Bonchev–Trinajstić information content (AvgIpc) is 2.72. The number of rotatable bonds is 6. The maximum atomic E-state index is 12.2. The smallest absolute Gasteiger partial charge is 0.410 e. The molecule has 1 N–H and O–H groups in total. The molecule has 0 aromatic carbocycles. The van der Waals surface area contributed by atoms with Crippen molar-refractivity contribution in [3.8, 4) is 0 Å². The van der Waals surface area contributed by atoms with Crippen LogP contribution in [0, 0.1) is 11.3 Å². The van der Waals surface area contributed by atoms with Crippen molar-refractivity contribution in [1.29, 1.82) is 5.41 Å². The van der Waals surface area contributed by atoms with Gasteiger partial charge in [-0.1, -0.05) is 11.6 Å². The SMILES string of the molecule is CC(C)(C)OC(=O)N1CCC(CCN=CC(C=N)c2cnc3ccc(Cl)nc3c2)CC1. The van der Waals surface area contributed by atoms with E-state index in [1.807, 2.05) is 32.9 Å². The highest BCUT2D eigenvalue weighted by Gasteiger charge is 2.26. The van der Waals surface area contributed by atoms with Gasteiger partial charge in [-0.15, -0.1) is 0 Å². The molecule has 0 spiro atoms. The second kappa shape index (κ2) is 10.2. The highest BCUT2D eigenvalue weighted by atomic mass is 35.5. The van der Waals surface area contributed by atoms with Gasteiger partial charge in [0.2, 0.25) is 0 Å². The number of amides is 1. The molecule has 1 atom stereocenters. The molecule has 1 aliphatic rings. The van der Waals surface area contributed by atoms with Crippen molar-refractivity contribution < 1.29 is 9.53 Å². The van der Waals surface area contributed by atoms with Crippen molar-refractivity contribution in [2.75, 3.05) is 19.6 Å². The minimum atomic E-state index is -0.461. The van der Waals surface area contributed by atoms with Gasteiger partial charge >= 0.3 is 6.09 Å². The summed E-state index contributed by atoms with van der Waals surface area (Å²) in [6, 6.07) is 5.45. The first-order valence-corrected chi connectivity index (χ1v) is 11.0. The van der Waals surface area contributed by atoms with Crippen LogP contribution in [0.4, 0.5) is 4.79 Å². The molecule has 0 aliphatic carbocycles. The molecule has 0 saturated carbocycles. The fraction of sp³-hybridized carbons (Fsp3) is 0.522. The Balaban J connectivity index is 1.48. The van der Waals surface area contributed by atoms with Gasteiger partial charge in [0.1, 0.15) is 10.8 Å². The number of likely N-dealkylation sites (tertiary alicyclic amines) is 1. The summed E-state index contributed by atoms with van der Waals surface area (Å²) in [7, 11) is 0. The van der Waals surface area contributed by atoms with Crippen molar-refractivity contribution in [3.63, 3.8) is 0 Å². The molecule has 2 aromatic heterocycles. The Morgan fingerprint density at radius 3 is 2.77 bits per heavy atom. The maximum Gasteiger partial charge on any atom is 0.410 e. The van der Waals surface area contributed by atoms with E-state index in [1.54, 1.807) is 23.4 Å². The monoisotopic (exact) mass is 443 g/mol. The molecule has 0 bridgehead atoms. The van der Waals surface area contributed by atoms with Crippen LogP contribution in [0.5, 0.6) is 0 Å². The molecule has 1 fully saturated rings. The highest BCUT2D eigenvalue weighted by Crippen LogP contribution is 2.23. The molecule has 1 unspecified atom stereocenters. The van der Waals surface area contributed by atoms with E-state index in [9.17, 15) is 4.79 Å². The van der Waals surface area contributed by atoms with Crippen LogP contribution >= 0.6 is 11.6 Å². The average molecular weight is 444 g/mol. The van der Waals surface area contributed by atoms with Crippen LogP contribution in [0.3, 0.4) is 0 Å². The quantitative estimate of drug-likeness (QED) is 0.495. The van der Waals surface area contributed by atoms with E-state index in [2.05, 4.69) is 15.0 Å². The summed E-state index contributed by atoms with van der Waals surface area (Å²) in [4.78, 5) is 27.2. The van der Waals surface area contributed by atoms with Gasteiger partial charge in [-0.25, -0.2) is 9.78 Å². The van der Waals surface area contributed by atoms with Crippen molar-refractivity contribution in [2.24, 2.45) is 10.9 Å². The molecule has 3 rings (SSSR count). The normalized spacial score (nSPS) is 16.6. The minimum Gasteiger partial charge on any atom is -0.444 e. The molecule has 166 valence electrons. The lowest BCUT2D eigenvalue weighted by atomic mass is 9.94. The Morgan fingerprint density at radius 1 is 1.35 bits per heavy atom. The number of carbonyl (C=O) groups is 1. The van der Waals surface area contributed by atoms with Crippen LogP contribution in [-0.2, 0) is 4.74 Å². The zero-order chi connectivity index (χ0) is 22.4. The Morgan fingerprint density at radius 2 is 2.10 bits per heavy atom. The molecule has 1 amide bonds. The molecule has 3 heterocycles. The van der Waals surface area contributed by atoms with Crippen molar-refractivity contribution in [3.05, 3.63) is 35.1 Å². The number of hydrogen-bond donors (Lipinski definition) is 1. The summed E-state index contributed by atoms with van der Waals surface area (Å²) in [6.45, 7) is 7.81. The lowest BCUT2D eigenvalue weighted by molar-refractivity contribution is 0.0182. The van der Waals surface area contributed by atoms with Gasteiger partial charge in [0, 0.05) is 38.3 Å². The third-order valence-electron chi connectivity index (χ3n) is 5.29. The second-order valence-electron chi connectivity index (χ2n) is 8.89. The molecule has 0 radical (unpaired) electrons. The minimum absolute atomic E-state index is 0.224. The topological polar surface area (TPSA) is 91.5 Å². The first kappa shape index (κ1) is 23.1. The lowest BCUT2D eigenvalue weighted by Crippen LogP contribution is -2.41. The van der Waals surface area contributed by atoms with E-state index >= 15 is 0 Å². The summed E-state index contributed by atoms with van der Waals surface area (Å²) in [5, 5.41) is 8.18. The van der Waals surface area contributed by atoms with Gasteiger partial charge in [0.15, 0.2) is 0 Å². The molecule has 8 heteroatoms. The number of piperidine rings is 1. The number of aliphatic imine (C=N–C) groups is 1. The number of nitrogens with zero attached hydrogens (tertiary/aromatic N) is 4. The molecule has 1 aliphatic heterocycles. The van der Waals surface area contributed by atoms with Crippen LogP contribution in [-0.4, -0.2) is 58.6 Å². The van der Waals surface area contributed by atoms with Gasteiger partial charge in [-0.2, -0.15) is 0 Å². The first-order chi connectivity index (χ1) is 14.7. The highest BCUT2D eigenvalue weighted by molar-refractivity contribution is 6.29. The van der Waals surface area contributed by atoms with Gasteiger partial charge in [-0.05, 0) is 69.7 Å². The summed E-state index contributed by atoms with van der Waals surface area (Å²) in [5.74, 6) is 0.301. The number of hydrogen-bond acceptors (Lipinski definition) is 6. The number of halogens is 1. The van der Waals surface area contributed by atoms with Crippen LogP contribution in [0.2, 0.25) is 5.15 Å². The lowest BCUT2D eigenvalue weighted by Gasteiger charge is -2.33. The van der Waals surface area contributed by atoms with Crippen molar-refractivity contribution >= 4 is 41.2 Å². The van der Waals surface area contributed by atoms with Crippen LogP contribution in [0.25, 0.3) is 11.0 Å². The van der Waals surface area contributed by atoms with E-state index in [4.69, 9.17) is 21.7 Å². The Hall–Kier alpha value is -2.54. The summed E-state index contributed by atoms with van der Waals surface area (Å²) in [6.07, 6.45) is 7.58. The standard InChI is InChI=1S/C23H30ClN5O2/c1-23(2,3)31-22(30)29-10-7-16(8-11-29)6-9-26-14-18(13-25)17-12-20-19(27-15-17)4-5-21(24)28-20/h4-5,12-16,18,25H,6-11H2,1-3H3. The zero-order valence-electron chi connectivity index (χ0n) is 18.3. The van der Waals surface area contributed by atoms with Gasteiger partial charge < -0.3 is 15.0 Å². The number of fused-ring (bicyclic) bond motifs is 1. The summed E-state index contributed by atoms with van der Waals surface area (Å²) >= 11 is 5.98.